The van der Waals surface area contributed by atoms with E-state index in [4.69, 9.17) is 4.74 Å². The first kappa shape index (κ1) is 17.7. The van der Waals surface area contributed by atoms with Crippen LogP contribution in [0.1, 0.15) is 44.9 Å². The van der Waals surface area contributed by atoms with Crippen LogP contribution in [0.4, 0.5) is 0 Å². The second-order valence-corrected chi connectivity index (χ2v) is 6.87. The highest BCUT2D eigenvalue weighted by Gasteiger charge is 2.24. The number of amides is 1. The molecule has 1 aromatic heterocycles. The molecule has 1 heterocycles. The molecule has 118 valence electrons. The summed E-state index contributed by atoms with van der Waals surface area (Å²) in [7, 11) is 0. The predicted octanol–water partition coefficient (Wildman–Crippen LogP) is 2.63. The molecule has 1 amide bonds. The van der Waals surface area contributed by atoms with Gasteiger partial charge >= 0.3 is 5.97 Å². The number of carbonyl (C=O) groups excluding carboxylic acids is 1. The molecule has 0 saturated carbocycles. The number of rotatable bonds is 7. The molecule has 0 bridgehead atoms. The van der Waals surface area contributed by atoms with Gasteiger partial charge in [0.2, 0.25) is 5.91 Å². The Morgan fingerprint density at radius 2 is 2.10 bits per heavy atom. The third-order valence-electron chi connectivity index (χ3n) is 2.92. The predicted molar refractivity (Wildman–Crippen MR) is 82.6 cm³/mol. The number of aliphatic carboxylic acids is 1. The van der Waals surface area contributed by atoms with Gasteiger partial charge in [-0.25, -0.2) is 4.79 Å². The van der Waals surface area contributed by atoms with Crippen LogP contribution >= 0.6 is 11.3 Å². The van der Waals surface area contributed by atoms with Crippen molar-refractivity contribution in [2.24, 2.45) is 0 Å². The maximum absolute atomic E-state index is 12.1. The summed E-state index contributed by atoms with van der Waals surface area (Å²) in [6.07, 6.45) is 0.246. The molecule has 0 aliphatic carbocycles. The van der Waals surface area contributed by atoms with E-state index in [2.05, 4.69) is 5.32 Å². The van der Waals surface area contributed by atoms with Crippen LogP contribution in [0.25, 0.3) is 0 Å². The highest BCUT2D eigenvalue weighted by atomic mass is 32.1. The zero-order valence-electron chi connectivity index (χ0n) is 12.9. The van der Waals surface area contributed by atoms with Crippen molar-refractivity contribution in [3.8, 4) is 0 Å². The quantitative estimate of drug-likeness (QED) is 0.811. The van der Waals surface area contributed by atoms with Crippen molar-refractivity contribution < 1.29 is 19.4 Å². The number of ether oxygens (including phenoxy) is 1. The van der Waals surface area contributed by atoms with E-state index in [0.29, 0.717) is 0 Å². The molecule has 0 aliphatic rings. The number of hydrogen-bond donors (Lipinski definition) is 2. The van der Waals surface area contributed by atoms with Crippen molar-refractivity contribution in [1.29, 1.82) is 0 Å². The minimum Gasteiger partial charge on any atom is -0.480 e. The number of carbonyl (C=O) groups is 2. The molecule has 2 unspecified atom stereocenters. The monoisotopic (exact) mass is 313 g/mol. The molecule has 5 nitrogen and oxygen atoms in total. The Morgan fingerprint density at radius 3 is 2.57 bits per heavy atom. The van der Waals surface area contributed by atoms with Crippen LogP contribution in [0, 0.1) is 0 Å². The van der Waals surface area contributed by atoms with Gasteiger partial charge in [0.05, 0.1) is 11.5 Å². The SMILES string of the molecule is CC(C(=O)NC(CCOC(C)(C)C)C(=O)O)c1cccs1. The summed E-state index contributed by atoms with van der Waals surface area (Å²) < 4.78 is 5.51. The number of thiophene rings is 1. The zero-order chi connectivity index (χ0) is 16.0. The number of carboxylic acid groups (broad SMARTS) is 1. The number of nitrogens with one attached hydrogen (secondary N) is 1. The first-order chi connectivity index (χ1) is 9.70. The molecule has 0 spiro atoms. The van der Waals surface area contributed by atoms with E-state index in [1.165, 1.54) is 11.3 Å². The van der Waals surface area contributed by atoms with E-state index in [-0.39, 0.29) is 30.5 Å². The topological polar surface area (TPSA) is 75.6 Å². The molecule has 0 aromatic carbocycles. The Bertz CT molecular complexity index is 465. The summed E-state index contributed by atoms with van der Waals surface area (Å²) in [4.78, 5) is 24.3. The van der Waals surface area contributed by atoms with Crippen LogP contribution in [0.5, 0.6) is 0 Å². The fourth-order valence-electron chi connectivity index (χ4n) is 1.70. The smallest absolute Gasteiger partial charge is 0.326 e. The minimum atomic E-state index is -1.04. The molecule has 1 aromatic rings. The third kappa shape index (κ3) is 6.27. The average Bonchev–Trinajstić information content (AvgIpc) is 2.88. The molecule has 0 radical (unpaired) electrons. The summed E-state index contributed by atoms with van der Waals surface area (Å²) in [5.74, 6) is -1.67. The lowest BCUT2D eigenvalue weighted by molar-refractivity contribution is -0.143. The molecule has 2 atom stereocenters. The van der Waals surface area contributed by atoms with Gasteiger partial charge < -0.3 is 15.2 Å². The van der Waals surface area contributed by atoms with Crippen molar-refractivity contribution in [1.82, 2.24) is 5.32 Å². The average molecular weight is 313 g/mol. The molecule has 0 saturated heterocycles. The number of hydrogen-bond acceptors (Lipinski definition) is 4. The molecule has 0 aliphatic heterocycles. The van der Waals surface area contributed by atoms with Gasteiger partial charge in [-0.3, -0.25) is 4.79 Å². The largest absolute Gasteiger partial charge is 0.480 e. The first-order valence-corrected chi connectivity index (χ1v) is 7.79. The Morgan fingerprint density at radius 1 is 1.43 bits per heavy atom. The zero-order valence-corrected chi connectivity index (χ0v) is 13.7. The van der Waals surface area contributed by atoms with Crippen LogP contribution < -0.4 is 5.32 Å². The lowest BCUT2D eigenvalue weighted by atomic mass is 10.1. The van der Waals surface area contributed by atoms with E-state index in [1.54, 1.807) is 6.92 Å². The van der Waals surface area contributed by atoms with Gasteiger partial charge in [-0.15, -0.1) is 11.3 Å². The van der Waals surface area contributed by atoms with Gasteiger partial charge in [0.25, 0.3) is 0 Å². The highest BCUT2D eigenvalue weighted by Crippen LogP contribution is 2.21. The van der Waals surface area contributed by atoms with Crippen LogP contribution in [0.3, 0.4) is 0 Å². The fourth-order valence-corrected chi connectivity index (χ4v) is 2.49. The normalized spacial score (nSPS) is 14.5. The summed E-state index contributed by atoms with van der Waals surface area (Å²) in [5, 5.41) is 13.7. The molecular weight excluding hydrogens is 290 g/mol. The van der Waals surface area contributed by atoms with Gasteiger partial charge in [0.1, 0.15) is 6.04 Å². The van der Waals surface area contributed by atoms with E-state index in [9.17, 15) is 14.7 Å². The summed E-state index contributed by atoms with van der Waals surface area (Å²) in [6, 6.07) is 2.81. The van der Waals surface area contributed by atoms with Crippen LogP contribution in [0.2, 0.25) is 0 Å². The van der Waals surface area contributed by atoms with E-state index < -0.39 is 12.0 Å². The summed E-state index contributed by atoms with van der Waals surface area (Å²) in [6.45, 7) is 7.76. The lowest BCUT2D eigenvalue weighted by Gasteiger charge is -2.22. The third-order valence-corrected chi connectivity index (χ3v) is 3.97. The van der Waals surface area contributed by atoms with Gasteiger partial charge in [-0.05, 0) is 39.1 Å². The Balaban J connectivity index is 2.54. The lowest BCUT2D eigenvalue weighted by Crippen LogP contribution is -2.43. The second kappa shape index (κ2) is 7.56. The minimum absolute atomic E-state index is 0.246. The van der Waals surface area contributed by atoms with Gasteiger partial charge in [0, 0.05) is 17.9 Å². The molecule has 1 rings (SSSR count). The van der Waals surface area contributed by atoms with Crippen molar-refractivity contribution in [3.05, 3.63) is 22.4 Å². The molecule has 21 heavy (non-hydrogen) atoms. The van der Waals surface area contributed by atoms with Crippen LogP contribution in [0.15, 0.2) is 17.5 Å². The molecule has 6 heteroatoms. The summed E-state index contributed by atoms with van der Waals surface area (Å²) in [5.41, 5.74) is -0.322. The van der Waals surface area contributed by atoms with Gasteiger partial charge in [-0.1, -0.05) is 6.07 Å². The van der Waals surface area contributed by atoms with Crippen molar-refractivity contribution in [2.75, 3.05) is 6.61 Å². The summed E-state index contributed by atoms with van der Waals surface area (Å²) >= 11 is 1.48. The van der Waals surface area contributed by atoms with E-state index in [0.717, 1.165) is 4.88 Å². The van der Waals surface area contributed by atoms with Crippen molar-refractivity contribution >= 4 is 23.2 Å². The van der Waals surface area contributed by atoms with E-state index in [1.807, 2.05) is 38.3 Å². The Kier molecular flexibility index (Phi) is 6.36. The van der Waals surface area contributed by atoms with Crippen LogP contribution in [-0.2, 0) is 14.3 Å². The Labute approximate surface area is 129 Å². The Hall–Kier alpha value is -1.40. The maximum atomic E-state index is 12.1. The highest BCUT2D eigenvalue weighted by molar-refractivity contribution is 7.10. The van der Waals surface area contributed by atoms with Crippen molar-refractivity contribution in [3.63, 3.8) is 0 Å². The van der Waals surface area contributed by atoms with Gasteiger partial charge in [0.15, 0.2) is 0 Å². The van der Waals surface area contributed by atoms with Crippen LogP contribution in [-0.4, -0.2) is 35.2 Å². The molecule has 0 fully saturated rings. The van der Waals surface area contributed by atoms with Crippen molar-refractivity contribution in [2.45, 2.75) is 51.7 Å². The van der Waals surface area contributed by atoms with Gasteiger partial charge in [-0.2, -0.15) is 0 Å². The fraction of sp³-hybridized carbons (Fsp3) is 0.600. The number of carboxylic acids is 1. The standard InChI is InChI=1S/C15H23NO4S/c1-10(12-6-5-9-21-12)13(17)16-11(14(18)19)7-8-20-15(2,3)4/h5-6,9-11H,7-8H2,1-4H3,(H,16,17)(H,18,19). The first-order valence-electron chi connectivity index (χ1n) is 6.91. The second-order valence-electron chi connectivity index (χ2n) is 5.89. The maximum Gasteiger partial charge on any atom is 0.326 e. The molecular formula is C15H23NO4S. The molecule has 2 N–H and O–H groups in total. The van der Waals surface area contributed by atoms with E-state index >= 15 is 0 Å².